The number of piperazine rings is 1. The van der Waals surface area contributed by atoms with Crippen molar-refractivity contribution < 1.29 is 22.0 Å². The maximum absolute atomic E-state index is 13.9. The van der Waals surface area contributed by atoms with E-state index in [2.05, 4.69) is 4.98 Å². The average Bonchev–Trinajstić information content (AvgIpc) is 3.18. The Morgan fingerprint density at radius 1 is 1.13 bits per heavy atom. The molecule has 158 valence electrons. The summed E-state index contributed by atoms with van der Waals surface area (Å²) in [4.78, 5) is 20.8. The Kier molecular flexibility index (Phi) is 5.46. The Morgan fingerprint density at radius 2 is 1.83 bits per heavy atom. The number of benzene rings is 2. The van der Waals surface area contributed by atoms with Crippen LogP contribution in [0.2, 0.25) is 0 Å². The molecule has 0 spiro atoms. The van der Waals surface area contributed by atoms with Crippen molar-refractivity contribution in [2.45, 2.75) is 11.8 Å². The fourth-order valence-corrected chi connectivity index (χ4v) is 5.57. The molecule has 2 aromatic carbocycles. The maximum atomic E-state index is 13.9. The molecule has 0 saturated carbocycles. The van der Waals surface area contributed by atoms with Gasteiger partial charge in [0.25, 0.3) is 5.91 Å². The first-order valence-electron chi connectivity index (χ1n) is 9.41. The number of thiazole rings is 1. The maximum Gasteiger partial charge on any atom is 0.255 e. The van der Waals surface area contributed by atoms with Gasteiger partial charge >= 0.3 is 0 Å². The van der Waals surface area contributed by atoms with Crippen LogP contribution in [0.4, 0.5) is 13.9 Å². The molecule has 4 rings (SSSR count). The minimum absolute atomic E-state index is 0.0450. The third-order valence-electron chi connectivity index (χ3n) is 5.07. The fourth-order valence-electron chi connectivity index (χ4n) is 3.42. The number of amides is 1. The number of aromatic nitrogens is 1. The highest BCUT2D eigenvalue weighted by Gasteiger charge is 2.28. The van der Waals surface area contributed by atoms with Gasteiger partial charge in [-0.2, -0.15) is 0 Å². The minimum atomic E-state index is -3.52. The van der Waals surface area contributed by atoms with Gasteiger partial charge in [0.15, 0.2) is 20.8 Å². The number of anilines is 1. The van der Waals surface area contributed by atoms with E-state index in [1.165, 1.54) is 29.5 Å². The molecule has 3 aromatic rings. The number of carbonyl (C=O) groups is 1. The molecule has 1 aliphatic rings. The van der Waals surface area contributed by atoms with Crippen LogP contribution in [0.5, 0.6) is 0 Å². The topological polar surface area (TPSA) is 70.6 Å². The lowest BCUT2D eigenvalue weighted by atomic mass is 10.2. The van der Waals surface area contributed by atoms with Gasteiger partial charge in [-0.3, -0.25) is 4.79 Å². The molecule has 0 unspecified atom stereocenters. The summed E-state index contributed by atoms with van der Waals surface area (Å²) in [5.41, 5.74) is 0.305. The standard InChI is InChI=1S/C20H19F2N3O3S2/c1-2-30(27,28)17-6-4-3-5-14(17)19(26)24-7-9-25(10-8-24)20-23-18-15(22)11-13(21)12-16(18)29-20/h3-6,11-12H,2,7-10H2,1H3. The predicted octanol–water partition coefficient (Wildman–Crippen LogP) is 3.33. The number of halogens is 2. The summed E-state index contributed by atoms with van der Waals surface area (Å²) in [5.74, 6) is -1.76. The highest BCUT2D eigenvalue weighted by Crippen LogP contribution is 2.31. The molecule has 1 fully saturated rings. The Balaban J connectivity index is 1.52. The van der Waals surface area contributed by atoms with Crippen LogP contribution in [0.3, 0.4) is 0 Å². The summed E-state index contributed by atoms with van der Waals surface area (Å²) >= 11 is 1.20. The molecule has 10 heteroatoms. The number of hydrogen-bond donors (Lipinski definition) is 0. The second-order valence-electron chi connectivity index (χ2n) is 6.91. The highest BCUT2D eigenvalue weighted by atomic mass is 32.2. The van der Waals surface area contributed by atoms with Gasteiger partial charge < -0.3 is 9.80 Å². The number of sulfone groups is 1. The third kappa shape index (κ3) is 3.77. The molecule has 0 N–H and O–H groups in total. The summed E-state index contributed by atoms with van der Waals surface area (Å²) in [6, 6.07) is 8.30. The first kappa shape index (κ1) is 20.7. The van der Waals surface area contributed by atoms with Crippen molar-refractivity contribution >= 4 is 42.4 Å². The highest BCUT2D eigenvalue weighted by molar-refractivity contribution is 7.91. The zero-order chi connectivity index (χ0) is 21.5. The van der Waals surface area contributed by atoms with Crippen LogP contribution in [-0.4, -0.2) is 56.1 Å². The molecule has 1 saturated heterocycles. The number of rotatable bonds is 4. The van der Waals surface area contributed by atoms with E-state index in [0.717, 1.165) is 6.07 Å². The van der Waals surface area contributed by atoms with E-state index in [-0.39, 0.29) is 27.6 Å². The van der Waals surface area contributed by atoms with E-state index in [1.807, 2.05) is 4.90 Å². The van der Waals surface area contributed by atoms with Crippen molar-refractivity contribution in [1.82, 2.24) is 9.88 Å². The summed E-state index contributed by atoms with van der Waals surface area (Å²) in [6.45, 7) is 3.19. The first-order chi connectivity index (χ1) is 14.3. The van der Waals surface area contributed by atoms with Gasteiger partial charge in [-0.05, 0) is 18.2 Å². The van der Waals surface area contributed by atoms with Crippen molar-refractivity contribution in [3.63, 3.8) is 0 Å². The van der Waals surface area contributed by atoms with Gasteiger partial charge in [-0.1, -0.05) is 30.4 Å². The lowest BCUT2D eigenvalue weighted by Crippen LogP contribution is -2.49. The first-order valence-corrected chi connectivity index (χ1v) is 11.9. The van der Waals surface area contributed by atoms with E-state index < -0.39 is 21.5 Å². The Labute approximate surface area is 176 Å². The molecule has 0 atom stereocenters. The molecule has 1 aromatic heterocycles. The van der Waals surface area contributed by atoms with E-state index in [4.69, 9.17) is 0 Å². The summed E-state index contributed by atoms with van der Waals surface area (Å²) in [6.07, 6.45) is 0. The van der Waals surface area contributed by atoms with Crippen LogP contribution in [0, 0.1) is 11.6 Å². The summed E-state index contributed by atoms with van der Waals surface area (Å²) in [7, 11) is -3.52. The van der Waals surface area contributed by atoms with E-state index in [0.29, 0.717) is 36.0 Å². The molecule has 2 heterocycles. The molecule has 0 radical (unpaired) electrons. The van der Waals surface area contributed by atoms with Gasteiger partial charge in [0.1, 0.15) is 11.3 Å². The van der Waals surface area contributed by atoms with Gasteiger partial charge in [-0.25, -0.2) is 22.2 Å². The Bertz CT molecular complexity index is 1220. The van der Waals surface area contributed by atoms with Crippen LogP contribution >= 0.6 is 11.3 Å². The lowest BCUT2D eigenvalue weighted by molar-refractivity contribution is 0.0743. The van der Waals surface area contributed by atoms with Crippen LogP contribution in [0.25, 0.3) is 10.2 Å². The molecule has 1 amide bonds. The lowest BCUT2D eigenvalue weighted by Gasteiger charge is -2.34. The van der Waals surface area contributed by atoms with Crippen molar-refractivity contribution in [3.05, 3.63) is 53.6 Å². The largest absolute Gasteiger partial charge is 0.345 e. The van der Waals surface area contributed by atoms with Crippen LogP contribution in [-0.2, 0) is 9.84 Å². The Morgan fingerprint density at radius 3 is 2.53 bits per heavy atom. The molecule has 0 bridgehead atoms. The molecule has 0 aliphatic carbocycles. The molecular weight excluding hydrogens is 432 g/mol. The zero-order valence-corrected chi connectivity index (χ0v) is 17.8. The van der Waals surface area contributed by atoms with E-state index >= 15 is 0 Å². The summed E-state index contributed by atoms with van der Waals surface area (Å²) in [5, 5.41) is 0.565. The number of fused-ring (bicyclic) bond motifs is 1. The third-order valence-corrected chi connectivity index (χ3v) is 7.92. The van der Waals surface area contributed by atoms with Crippen molar-refractivity contribution in [1.29, 1.82) is 0 Å². The number of hydrogen-bond acceptors (Lipinski definition) is 6. The molecular formula is C20H19F2N3O3S2. The zero-order valence-electron chi connectivity index (χ0n) is 16.1. The van der Waals surface area contributed by atoms with Crippen LogP contribution in [0.1, 0.15) is 17.3 Å². The van der Waals surface area contributed by atoms with Gasteiger partial charge in [0.05, 0.1) is 20.9 Å². The van der Waals surface area contributed by atoms with Crippen LogP contribution in [0.15, 0.2) is 41.3 Å². The van der Waals surface area contributed by atoms with E-state index in [9.17, 15) is 22.0 Å². The second kappa shape index (κ2) is 7.92. The quantitative estimate of drug-likeness (QED) is 0.609. The molecule has 6 nitrogen and oxygen atoms in total. The van der Waals surface area contributed by atoms with Gasteiger partial charge in [0.2, 0.25) is 0 Å². The van der Waals surface area contributed by atoms with Gasteiger partial charge in [-0.15, -0.1) is 0 Å². The second-order valence-corrected chi connectivity index (χ2v) is 10.2. The van der Waals surface area contributed by atoms with Crippen molar-refractivity contribution in [3.8, 4) is 0 Å². The number of carbonyl (C=O) groups excluding carboxylic acids is 1. The summed E-state index contributed by atoms with van der Waals surface area (Å²) < 4.78 is 52.5. The Hall–Kier alpha value is -2.59. The normalized spacial score (nSPS) is 15.0. The van der Waals surface area contributed by atoms with Crippen molar-refractivity contribution in [2.24, 2.45) is 0 Å². The van der Waals surface area contributed by atoms with E-state index in [1.54, 1.807) is 24.0 Å². The fraction of sp³-hybridized carbons (Fsp3) is 0.300. The average molecular weight is 452 g/mol. The predicted molar refractivity (Wildman–Crippen MR) is 112 cm³/mol. The SMILES string of the molecule is CCS(=O)(=O)c1ccccc1C(=O)N1CCN(c2nc3c(F)cc(F)cc3s2)CC1. The molecule has 30 heavy (non-hydrogen) atoms. The minimum Gasteiger partial charge on any atom is -0.345 e. The van der Waals surface area contributed by atoms with Gasteiger partial charge in [0, 0.05) is 32.2 Å². The number of nitrogens with zero attached hydrogens (tertiary/aromatic N) is 3. The van der Waals surface area contributed by atoms with Crippen molar-refractivity contribution in [2.75, 3.05) is 36.8 Å². The smallest absolute Gasteiger partial charge is 0.255 e. The monoisotopic (exact) mass is 451 g/mol. The molecule has 1 aliphatic heterocycles. The van der Waals surface area contributed by atoms with Crippen LogP contribution < -0.4 is 4.90 Å².